The molecule has 0 N–H and O–H groups in total. The Morgan fingerprint density at radius 2 is 1.81 bits per heavy atom. The second kappa shape index (κ2) is 5.36. The molecule has 0 saturated heterocycles. The minimum atomic E-state index is -0.358. The molecule has 5 nitrogen and oxygen atoms in total. The van der Waals surface area contributed by atoms with Crippen LogP contribution in [0.5, 0.6) is 5.75 Å². The number of esters is 1. The highest BCUT2D eigenvalue weighted by molar-refractivity contribution is 5.78. The van der Waals surface area contributed by atoms with Crippen LogP contribution in [0.25, 0.3) is 11.0 Å². The number of hydrogen-bond donors (Lipinski definition) is 0. The Bertz CT molecular complexity index is 788. The van der Waals surface area contributed by atoms with Crippen molar-refractivity contribution in [3.63, 3.8) is 0 Å². The molecule has 0 spiro atoms. The molecule has 21 heavy (non-hydrogen) atoms. The van der Waals surface area contributed by atoms with Gasteiger partial charge in [0.1, 0.15) is 17.8 Å². The summed E-state index contributed by atoms with van der Waals surface area (Å²) in [6, 6.07) is 13.3. The minimum Gasteiger partial charge on any atom is -0.425 e. The second-order valence-corrected chi connectivity index (χ2v) is 4.93. The van der Waals surface area contributed by atoms with E-state index in [1.807, 2.05) is 56.3 Å². The van der Waals surface area contributed by atoms with Gasteiger partial charge >= 0.3 is 5.97 Å². The predicted molar refractivity (Wildman–Crippen MR) is 79.1 cm³/mol. The summed E-state index contributed by atoms with van der Waals surface area (Å²) in [5.41, 5.74) is 3.45. The Morgan fingerprint density at radius 3 is 2.57 bits per heavy atom. The molecule has 0 aliphatic carbocycles. The molecule has 0 saturated carbocycles. The SMILES string of the molecule is Cc1cccc(C)c1OC(=O)Cn1nnc2ccccc21. The van der Waals surface area contributed by atoms with Crippen LogP contribution in [-0.2, 0) is 11.3 Å². The highest BCUT2D eigenvalue weighted by Crippen LogP contribution is 2.22. The zero-order valence-electron chi connectivity index (χ0n) is 11.9. The molecule has 0 atom stereocenters. The lowest BCUT2D eigenvalue weighted by molar-refractivity contribution is -0.135. The molecule has 0 aliphatic heterocycles. The number of carbonyl (C=O) groups is 1. The van der Waals surface area contributed by atoms with Gasteiger partial charge in [0.05, 0.1) is 5.52 Å². The molecule has 0 fully saturated rings. The fourth-order valence-corrected chi connectivity index (χ4v) is 2.26. The molecule has 1 aromatic heterocycles. The van der Waals surface area contributed by atoms with Gasteiger partial charge in [-0.05, 0) is 37.1 Å². The van der Waals surface area contributed by atoms with E-state index in [1.165, 1.54) is 0 Å². The first-order valence-corrected chi connectivity index (χ1v) is 6.70. The van der Waals surface area contributed by atoms with E-state index in [0.29, 0.717) is 5.75 Å². The van der Waals surface area contributed by atoms with Crippen LogP contribution < -0.4 is 4.74 Å². The van der Waals surface area contributed by atoms with E-state index in [-0.39, 0.29) is 12.5 Å². The van der Waals surface area contributed by atoms with Crippen LogP contribution in [0.1, 0.15) is 11.1 Å². The number of ether oxygens (including phenoxy) is 1. The number of fused-ring (bicyclic) bond motifs is 1. The van der Waals surface area contributed by atoms with Crippen LogP contribution in [0.2, 0.25) is 0 Å². The van der Waals surface area contributed by atoms with Crippen molar-refractivity contribution in [1.29, 1.82) is 0 Å². The molecular formula is C16H15N3O2. The minimum absolute atomic E-state index is 0.0360. The molecule has 2 aromatic carbocycles. The summed E-state index contributed by atoms with van der Waals surface area (Å²) in [5.74, 6) is 0.259. The van der Waals surface area contributed by atoms with Crippen molar-refractivity contribution in [3.05, 3.63) is 53.6 Å². The first-order chi connectivity index (χ1) is 10.1. The second-order valence-electron chi connectivity index (χ2n) is 4.93. The topological polar surface area (TPSA) is 57.0 Å². The number of aromatic nitrogens is 3. The van der Waals surface area contributed by atoms with Crippen LogP contribution in [0.4, 0.5) is 0 Å². The van der Waals surface area contributed by atoms with Gasteiger partial charge in [0, 0.05) is 0 Å². The standard InChI is InChI=1S/C16H15N3O2/c1-11-6-5-7-12(2)16(11)21-15(20)10-19-14-9-4-3-8-13(14)17-18-19/h3-9H,10H2,1-2H3. The Kier molecular flexibility index (Phi) is 3.39. The largest absolute Gasteiger partial charge is 0.425 e. The molecular weight excluding hydrogens is 266 g/mol. The van der Waals surface area contributed by atoms with Crippen molar-refractivity contribution in [2.45, 2.75) is 20.4 Å². The van der Waals surface area contributed by atoms with Crippen molar-refractivity contribution < 1.29 is 9.53 Å². The maximum atomic E-state index is 12.1. The molecule has 0 aliphatic rings. The van der Waals surface area contributed by atoms with Gasteiger partial charge < -0.3 is 4.74 Å². The zero-order valence-corrected chi connectivity index (χ0v) is 11.9. The third kappa shape index (κ3) is 2.63. The van der Waals surface area contributed by atoms with Gasteiger partial charge in [0.15, 0.2) is 0 Å². The Morgan fingerprint density at radius 1 is 1.10 bits per heavy atom. The third-order valence-corrected chi connectivity index (χ3v) is 3.32. The van der Waals surface area contributed by atoms with Crippen molar-refractivity contribution in [2.75, 3.05) is 0 Å². The van der Waals surface area contributed by atoms with E-state index < -0.39 is 0 Å². The Labute approximate surface area is 122 Å². The van der Waals surface area contributed by atoms with Crippen LogP contribution in [-0.4, -0.2) is 21.0 Å². The zero-order chi connectivity index (χ0) is 14.8. The van der Waals surface area contributed by atoms with Gasteiger partial charge in [0.2, 0.25) is 0 Å². The average Bonchev–Trinajstić information content (AvgIpc) is 2.87. The molecule has 3 aromatic rings. The molecule has 0 radical (unpaired) electrons. The number of nitrogens with zero attached hydrogens (tertiary/aromatic N) is 3. The maximum Gasteiger partial charge on any atom is 0.333 e. The lowest BCUT2D eigenvalue weighted by Crippen LogP contribution is -2.18. The quantitative estimate of drug-likeness (QED) is 0.547. The summed E-state index contributed by atoms with van der Waals surface area (Å²) in [6.07, 6.45) is 0. The summed E-state index contributed by atoms with van der Waals surface area (Å²) in [6.45, 7) is 3.87. The first-order valence-electron chi connectivity index (χ1n) is 6.70. The molecule has 0 bridgehead atoms. The van der Waals surface area contributed by atoms with E-state index in [1.54, 1.807) is 4.68 Å². The van der Waals surface area contributed by atoms with Crippen LogP contribution in [0, 0.1) is 13.8 Å². The highest BCUT2D eigenvalue weighted by atomic mass is 16.5. The number of benzene rings is 2. The maximum absolute atomic E-state index is 12.1. The van der Waals surface area contributed by atoms with E-state index in [4.69, 9.17) is 4.74 Å². The van der Waals surface area contributed by atoms with E-state index in [0.717, 1.165) is 22.2 Å². The van der Waals surface area contributed by atoms with Crippen molar-refractivity contribution >= 4 is 17.0 Å². The van der Waals surface area contributed by atoms with E-state index in [9.17, 15) is 4.79 Å². The fraction of sp³-hybridized carbons (Fsp3) is 0.188. The summed E-state index contributed by atoms with van der Waals surface area (Å²) < 4.78 is 7.02. The van der Waals surface area contributed by atoms with Gasteiger partial charge in [-0.25, -0.2) is 9.48 Å². The molecule has 106 valence electrons. The number of aryl methyl sites for hydroxylation is 2. The summed E-state index contributed by atoms with van der Waals surface area (Å²) in [5, 5.41) is 8.01. The van der Waals surface area contributed by atoms with Crippen molar-refractivity contribution in [2.24, 2.45) is 0 Å². The van der Waals surface area contributed by atoms with Gasteiger partial charge in [-0.3, -0.25) is 0 Å². The molecule has 1 heterocycles. The normalized spacial score (nSPS) is 10.8. The van der Waals surface area contributed by atoms with Crippen molar-refractivity contribution in [1.82, 2.24) is 15.0 Å². The highest BCUT2D eigenvalue weighted by Gasteiger charge is 2.13. The van der Waals surface area contributed by atoms with Gasteiger partial charge in [-0.15, -0.1) is 5.10 Å². The van der Waals surface area contributed by atoms with Crippen molar-refractivity contribution in [3.8, 4) is 5.75 Å². The number of hydrogen-bond acceptors (Lipinski definition) is 4. The van der Waals surface area contributed by atoms with E-state index in [2.05, 4.69) is 10.3 Å². The summed E-state index contributed by atoms with van der Waals surface area (Å²) in [7, 11) is 0. The van der Waals surface area contributed by atoms with Gasteiger partial charge in [-0.1, -0.05) is 35.5 Å². The average molecular weight is 281 g/mol. The predicted octanol–water partition coefficient (Wildman–Crippen LogP) is 2.65. The summed E-state index contributed by atoms with van der Waals surface area (Å²) in [4.78, 5) is 12.1. The number of carbonyl (C=O) groups excluding carboxylic acids is 1. The molecule has 0 amide bonds. The van der Waals surface area contributed by atoms with Gasteiger partial charge in [0.25, 0.3) is 0 Å². The Hall–Kier alpha value is -2.69. The van der Waals surface area contributed by atoms with Crippen LogP contribution in [0.15, 0.2) is 42.5 Å². The molecule has 5 heteroatoms. The van der Waals surface area contributed by atoms with Crippen LogP contribution in [0.3, 0.4) is 0 Å². The third-order valence-electron chi connectivity index (χ3n) is 3.32. The lowest BCUT2D eigenvalue weighted by Gasteiger charge is -2.10. The smallest absolute Gasteiger partial charge is 0.333 e. The van der Waals surface area contributed by atoms with Gasteiger partial charge in [-0.2, -0.15) is 0 Å². The Balaban J connectivity index is 1.81. The number of rotatable bonds is 3. The number of para-hydroxylation sites is 2. The van der Waals surface area contributed by atoms with Crippen LogP contribution >= 0.6 is 0 Å². The summed E-state index contributed by atoms with van der Waals surface area (Å²) >= 11 is 0. The van der Waals surface area contributed by atoms with E-state index >= 15 is 0 Å². The first kappa shape index (κ1) is 13.3. The monoisotopic (exact) mass is 281 g/mol. The fourth-order valence-electron chi connectivity index (χ4n) is 2.26. The molecule has 3 rings (SSSR count). The lowest BCUT2D eigenvalue weighted by atomic mass is 10.1. The molecule has 0 unspecified atom stereocenters.